The minimum absolute atomic E-state index is 0.127. The number of anilines is 1. The molecular formula is C10H15F2N3O. The number of aliphatic hydroxyl groups is 1. The van der Waals surface area contributed by atoms with Gasteiger partial charge in [0.2, 0.25) is 0 Å². The Balaban J connectivity index is 2.87. The van der Waals surface area contributed by atoms with Crippen LogP contribution >= 0.6 is 0 Å². The quantitative estimate of drug-likeness (QED) is 0.826. The molecule has 0 saturated carbocycles. The lowest BCUT2D eigenvalue weighted by molar-refractivity contribution is 0.152. The van der Waals surface area contributed by atoms with Gasteiger partial charge >= 0.3 is 0 Å². The molecule has 0 saturated heterocycles. The first kappa shape index (κ1) is 12.8. The second-order valence-corrected chi connectivity index (χ2v) is 3.46. The first-order valence-electron chi connectivity index (χ1n) is 4.98. The smallest absolute Gasteiger partial charge is 0.255 e. The maximum Gasteiger partial charge on any atom is 0.255 e. The monoisotopic (exact) mass is 231 g/mol. The van der Waals surface area contributed by atoms with E-state index in [4.69, 9.17) is 5.11 Å². The van der Waals surface area contributed by atoms with Gasteiger partial charge in [0.1, 0.15) is 5.82 Å². The zero-order chi connectivity index (χ0) is 12.1. The van der Waals surface area contributed by atoms with Gasteiger partial charge in [-0.3, -0.25) is 4.98 Å². The molecule has 90 valence electrons. The van der Waals surface area contributed by atoms with Gasteiger partial charge < -0.3 is 10.0 Å². The van der Waals surface area contributed by atoms with Crippen molar-refractivity contribution in [2.75, 3.05) is 24.6 Å². The topological polar surface area (TPSA) is 49.2 Å². The number of alkyl halides is 2. The third-order valence-electron chi connectivity index (χ3n) is 2.23. The van der Waals surface area contributed by atoms with Crippen LogP contribution in [0.15, 0.2) is 6.20 Å². The SMILES string of the molecule is Cc1ncc(N(CCO)CC(F)F)nc1C. The van der Waals surface area contributed by atoms with E-state index >= 15 is 0 Å². The third kappa shape index (κ3) is 3.37. The Labute approximate surface area is 92.9 Å². The van der Waals surface area contributed by atoms with Crippen LogP contribution in [-0.4, -0.2) is 41.2 Å². The van der Waals surface area contributed by atoms with Gasteiger partial charge in [-0.05, 0) is 13.8 Å². The van der Waals surface area contributed by atoms with Gasteiger partial charge in [-0.25, -0.2) is 13.8 Å². The maximum absolute atomic E-state index is 12.3. The average molecular weight is 231 g/mol. The zero-order valence-electron chi connectivity index (χ0n) is 9.32. The van der Waals surface area contributed by atoms with Crippen LogP contribution in [0.3, 0.4) is 0 Å². The molecule has 1 N–H and O–H groups in total. The minimum atomic E-state index is -2.46. The van der Waals surface area contributed by atoms with Crippen LogP contribution in [0.2, 0.25) is 0 Å². The Morgan fingerprint density at radius 1 is 1.38 bits per heavy atom. The summed E-state index contributed by atoms with van der Waals surface area (Å²) in [5.74, 6) is 0.373. The van der Waals surface area contributed by atoms with E-state index < -0.39 is 13.0 Å². The van der Waals surface area contributed by atoms with Gasteiger partial charge in [0.15, 0.2) is 0 Å². The van der Waals surface area contributed by atoms with Crippen LogP contribution < -0.4 is 4.90 Å². The van der Waals surface area contributed by atoms with Crippen molar-refractivity contribution in [2.45, 2.75) is 20.3 Å². The molecule has 0 unspecified atom stereocenters. The third-order valence-corrected chi connectivity index (χ3v) is 2.23. The van der Waals surface area contributed by atoms with Gasteiger partial charge in [-0.15, -0.1) is 0 Å². The van der Waals surface area contributed by atoms with Crippen molar-refractivity contribution in [3.8, 4) is 0 Å². The van der Waals surface area contributed by atoms with Gasteiger partial charge in [-0.2, -0.15) is 0 Å². The molecule has 0 aliphatic heterocycles. The van der Waals surface area contributed by atoms with Gasteiger partial charge in [-0.1, -0.05) is 0 Å². The molecule has 0 aromatic carbocycles. The molecule has 0 atom stereocenters. The van der Waals surface area contributed by atoms with Crippen molar-refractivity contribution in [3.63, 3.8) is 0 Å². The summed E-state index contributed by atoms with van der Waals surface area (Å²) in [6.45, 7) is 3.06. The van der Waals surface area contributed by atoms with E-state index in [1.807, 2.05) is 0 Å². The number of rotatable bonds is 5. The maximum atomic E-state index is 12.3. The highest BCUT2D eigenvalue weighted by molar-refractivity contribution is 5.37. The fraction of sp³-hybridized carbons (Fsp3) is 0.600. The number of hydrogen-bond acceptors (Lipinski definition) is 4. The Hall–Kier alpha value is -1.30. The largest absolute Gasteiger partial charge is 0.395 e. The number of nitrogens with zero attached hydrogens (tertiary/aromatic N) is 3. The normalized spacial score (nSPS) is 10.9. The highest BCUT2D eigenvalue weighted by Crippen LogP contribution is 2.13. The van der Waals surface area contributed by atoms with E-state index in [9.17, 15) is 8.78 Å². The molecule has 4 nitrogen and oxygen atoms in total. The summed E-state index contributed by atoms with van der Waals surface area (Å²) in [7, 11) is 0. The van der Waals surface area contributed by atoms with Crippen molar-refractivity contribution in [3.05, 3.63) is 17.6 Å². The molecule has 0 aliphatic carbocycles. The first-order valence-corrected chi connectivity index (χ1v) is 4.98. The van der Waals surface area contributed by atoms with E-state index in [-0.39, 0.29) is 13.2 Å². The molecule has 0 bridgehead atoms. The lowest BCUT2D eigenvalue weighted by Crippen LogP contribution is -2.32. The molecule has 6 heteroatoms. The number of hydrogen-bond donors (Lipinski definition) is 1. The summed E-state index contributed by atoms with van der Waals surface area (Å²) in [5, 5.41) is 8.80. The fourth-order valence-corrected chi connectivity index (χ4v) is 1.27. The van der Waals surface area contributed by atoms with Crippen molar-refractivity contribution in [2.24, 2.45) is 0 Å². The Morgan fingerprint density at radius 2 is 2.06 bits per heavy atom. The molecule has 0 radical (unpaired) electrons. The first-order chi connectivity index (χ1) is 7.54. The zero-order valence-corrected chi connectivity index (χ0v) is 9.32. The number of aryl methyl sites for hydroxylation is 2. The van der Waals surface area contributed by atoms with Crippen molar-refractivity contribution < 1.29 is 13.9 Å². The highest BCUT2D eigenvalue weighted by Gasteiger charge is 2.14. The average Bonchev–Trinajstić information content (AvgIpc) is 2.21. The molecule has 0 fully saturated rings. The van der Waals surface area contributed by atoms with Crippen LogP contribution in [0.25, 0.3) is 0 Å². The second kappa shape index (κ2) is 5.69. The van der Waals surface area contributed by atoms with Crippen LogP contribution in [0.4, 0.5) is 14.6 Å². The predicted molar refractivity (Wildman–Crippen MR) is 56.8 cm³/mol. The van der Waals surface area contributed by atoms with Crippen molar-refractivity contribution in [1.82, 2.24) is 9.97 Å². The van der Waals surface area contributed by atoms with Crippen LogP contribution in [-0.2, 0) is 0 Å². The summed E-state index contributed by atoms with van der Waals surface area (Å²) in [5.41, 5.74) is 1.47. The van der Waals surface area contributed by atoms with Crippen LogP contribution in [0.1, 0.15) is 11.4 Å². The predicted octanol–water partition coefficient (Wildman–Crippen LogP) is 1.16. The molecule has 1 aromatic rings. The Kier molecular flexibility index (Phi) is 4.54. The summed E-state index contributed by atoms with van der Waals surface area (Å²) < 4.78 is 24.6. The van der Waals surface area contributed by atoms with Gasteiger partial charge in [0.05, 0.1) is 30.7 Å². The molecule has 1 rings (SSSR count). The fourth-order valence-electron chi connectivity index (χ4n) is 1.27. The summed E-state index contributed by atoms with van der Waals surface area (Å²) in [6, 6.07) is 0. The van der Waals surface area contributed by atoms with E-state index in [2.05, 4.69) is 9.97 Å². The number of halogens is 2. The van der Waals surface area contributed by atoms with Crippen molar-refractivity contribution >= 4 is 5.82 Å². The molecule has 0 spiro atoms. The lowest BCUT2D eigenvalue weighted by Gasteiger charge is -2.22. The van der Waals surface area contributed by atoms with Crippen LogP contribution in [0.5, 0.6) is 0 Å². The molecule has 1 aromatic heterocycles. The summed E-state index contributed by atoms with van der Waals surface area (Å²) in [4.78, 5) is 9.55. The Morgan fingerprint density at radius 3 is 2.56 bits per heavy atom. The van der Waals surface area contributed by atoms with Crippen molar-refractivity contribution in [1.29, 1.82) is 0 Å². The molecular weight excluding hydrogens is 216 g/mol. The minimum Gasteiger partial charge on any atom is -0.395 e. The number of aliphatic hydroxyl groups excluding tert-OH is 1. The molecule has 0 amide bonds. The number of aromatic nitrogens is 2. The van der Waals surface area contributed by atoms with Gasteiger partial charge in [0, 0.05) is 6.54 Å². The van der Waals surface area contributed by atoms with E-state index in [1.165, 1.54) is 11.1 Å². The van der Waals surface area contributed by atoms with Gasteiger partial charge in [0.25, 0.3) is 6.43 Å². The molecule has 0 aliphatic rings. The molecule has 16 heavy (non-hydrogen) atoms. The highest BCUT2D eigenvalue weighted by atomic mass is 19.3. The second-order valence-electron chi connectivity index (χ2n) is 3.46. The Bertz CT molecular complexity index is 347. The standard InChI is InChI=1S/C10H15F2N3O/c1-7-8(2)14-10(5-13-7)15(3-4-16)6-9(11)12/h5,9,16H,3-4,6H2,1-2H3. The summed E-state index contributed by atoms with van der Waals surface area (Å²) in [6.07, 6.45) is -1.02. The van der Waals surface area contributed by atoms with E-state index in [1.54, 1.807) is 13.8 Å². The van der Waals surface area contributed by atoms with E-state index in [0.717, 1.165) is 5.69 Å². The van der Waals surface area contributed by atoms with E-state index in [0.29, 0.717) is 11.5 Å². The summed E-state index contributed by atoms with van der Waals surface area (Å²) >= 11 is 0. The molecule has 1 heterocycles. The lowest BCUT2D eigenvalue weighted by atomic mass is 10.3. The van der Waals surface area contributed by atoms with Crippen LogP contribution in [0, 0.1) is 13.8 Å².